The summed E-state index contributed by atoms with van der Waals surface area (Å²) in [6.07, 6.45) is 0.997. The summed E-state index contributed by atoms with van der Waals surface area (Å²) in [4.78, 5) is 0. The molecule has 2 rings (SSSR count). The molecule has 0 aliphatic rings. The summed E-state index contributed by atoms with van der Waals surface area (Å²) in [6.45, 7) is 4.90. The number of halogens is 2. The topological polar surface area (TPSA) is 21.3 Å². The second-order valence-corrected chi connectivity index (χ2v) is 5.73. The number of hydrogen-bond donors (Lipinski definition) is 1. The van der Waals surface area contributed by atoms with Crippen LogP contribution in [0.1, 0.15) is 31.9 Å². The Balaban J connectivity index is 2.07. The van der Waals surface area contributed by atoms with Gasteiger partial charge in [-0.2, -0.15) is 0 Å². The zero-order chi connectivity index (χ0) is 15.2. The van der Waals surface area contributed by atoms with Crippen molar-refractivity contribution in [3.63, 3.8) is 0 Å². The molecule has 1 atom stereocenters. The maximum atomic E-state index is 6.06. The molecule has 0 saturated heterocycles. The number of benzene rings is 2. The first kappa shape index (κ1) is 16.0. The monoisotopic (exact) mass is 323 g/mol. The van der Waals surface area contributed by atoms with E-state index in [2.05, 4.69) is 19.2 Å². The van der Waals surface area contributed by atoms with Crippen molar-refractivity contribution >= 4 is 28.9 Å². The van der Waals surface area contributed by atoms with Crippen LogP contribution in [0.3, 0.4) is 0 Å². The maximum Gasteiger partial charge on any atom is 0.121 e. The quantitative estimate of drug-likeness (QED) is 0.708. The third-order valence-corrected chi connectivity index (χ3v) is 3.87. The maximum absolute atomic E-state index is 6.06. The van der Waals surface area contributed by atoms with E-state index in [1.54, 1.807) is 0 Å². The van der Waals surface area contributed by atoms with Gasteiger partial charge in [0.05, 0.1) is 16.7 Å². The minimum Gasteiger partial charge on any atom is -0.494 e. The van der Waals surface area contributed by atoms with Gasteiger partial charge in [0.25, 0.3) is 0 Å². The molecule has 0 aromatic heterocycles. The van der Waals surface area contributed by atoms with Crippen LogP contribution in [0.2, 0.25) is 10.0 Å². The Morgan fingerprint density at radius 1 is 1.10 bits per heavy atom. The van der Waals surface area contributed by atoms with E-state index in [9.17, 15) is 0 Å². The highest BCUT2D eigenvalue weighted by Gasteiger charge is 2.08. The summed E-state index contributed by atoms with van der Waals surface area (Å²) < 4.78 is 5.64. The van der Waals surface area contributed by atoms with Crippen molar-refractivity contribution in [1.82, 2.24) is 0 Å². The molecule has 0 spiro atoms. The van der Waals surface area contributed by atoms with Gasteiger partial charge in [0.2, 0.25) is 0 Å². The van der Waals surface area contributed by atoms with Gasteiger partial charge in [0.1, 0.15) is 5.75 Å². The highest BCUT2D eigenvalue weighted by atomic mass is 35.5. The van der Waals surface area contributed by atoms with E-state index >= 15 is 0 Å². The summed E-state index contributed by atoms with van der Waals surface area (Å²) in [5.74, 6) is 0.878. The van der Waals surface area contributed by atoms with Gasteiger partial charge in [0, 0.05) is 17.8 Å². The Kier molecular flexibility index (Phi) is 5.77. The molecule has 4 heteroatoms. The van der Waals surface area contributed by atoms with Gasteiger partial charge in [-0.05, 0) is 43.2 Å². The van der Waals surface area contributed by atoms with Crippen molar-refractivity contribution in [2.75, 3.05) is 11.9 Å². The number of ether oxygens (including phenoxy) is 1. The second-order valence-electron chi connectivity index (χ2n) is 4.92. The minimum absolute atomic E-state index is 0.126. The molecule has 1 unspecified atom stereocenters. The molecule has 2 aromatic rings. The van der Waals surface area contributed by atoms with Crippen LogP contribution < -0.4 is 10.1 Å². The van der Waals surface area contributed by atoms with Gasteiger partial charge >= 0.3 is 0 Å². The molecule has 0 radical (unpaired) electrons. The molecule has 0 aliphatic heterocycles. The Hall–Kier alpha value is -1.38. The zero-order valence-corrected chi connectivity index (χ0v) is 13.7. The van der Waals surface area contributed by atoms with Crippen molar-refractivity contribution in [3.8, 4) is 5.75 Å². The predicted molar refractivity (Wildman–Crippen MR) is 90.7 cm³/mol. The van der Waals surface area contributed by atoms with Crippen molar-refractivity contribution < 1.29 is 4.74 Å². The first-order valence-electron chi connectivity index (χ1n) is 7.04. The lowest BCUT2D eigenvalue weighted by Crippen LogP contribution is -2.06. The van der Waals surface area contributed by atoms with E-state index in [0.717, 1.165) is 30.0 Å². The van der Waals surface area contributed by atoms with Crippen LogP contribution in [0, 0.1) is 0 Å². The van der Waals surface area contributed by atoms with Crippen molar-refractivity contribution in [2.24, 2.45) is 0 Å². The van der Waals surface area contributed by atoms with Crippen LogP contribution in [-0.4, -0.2) is 6.61 Å². The van der Waals surface area contributed by atoms with Crippen LogP contribution in [-0.2, 0) is 0 Å². The first-order valence-corrected chi connectivity index (χ1v) is 7.80. The third-order valence-electron chi connectivity index (χ3n) is 3.13. The van der Waals surface area contributed by atoms with Crippen LogP contribution in [0.4, 0.5) is 5.69 Å². The highest BCUT2D eigenvalue weighted by molar-refractivity contribution is 6.42. The number of anilines is 1. The van der Waals surface area contributed by atoms with Gasteiger partial charge in [0.15, 0.2) is 0 Å². The van der Waals surface area contributed by atoms with E-state index < -0.39 is 0 Å². The molecule has 0 bridgehead atoms. The van der Waals surface area contributed by atoms with E-state index in [1.165, 1.54) is 0 Å². The van der Waals surface area contributed by atoms with Gasteiger partial charge in [-0.3, -0.25) is 0 Å². The molecule has 2 aromatic carbocycles. The predicted octanol–water partition coefficient (Wildman–Crippen LogP) is 5.96. The fourth-order valence-corrected chi connectivity index (χ4v) is 2.32. The lowest BCUT2D eigenvalue weighted by Gasteiger charge is -2.17. The molecular formula is C17H19Cl2NO. The van der Waals surface area contributed by atoms with Crippen LogP contribution in [0.5, 0.6) is 5.75 Å². The normalized spacial score (nSPS) is 12.0. The molecule has 0 saturated carbocycles. The SMILES string of the molecule is CCCOc1cccc(NC(C)c2ccc(Cl)c(Cl)c2)c1. The van der Waals surface area contributed by atoms with Crippen molar-refractivity contribution in [1.29, 1.82) is 0 Å². The van der Waals surface area contributed by atoms with Gasteiger partial charge < -0.3 is 10.1 Å². The largest absolute Gasteiger partial charge is 0.494 e. The van der Waals surface area contributed by atoms with E-state index in [4.69, 9.17) is 27.9 Å². The first-order chi connectivity index (χ1) is 10.1. The minimum atomic E-state index is 0.126. The molecule has 112 valence electrons. The summed E-state index contributed by atoms with van der Waals surface area (Å²) in [5.41, 5.74) is 2.10. The molecule has 0 amide bonds. The standard InChI is InChI=1S/C17H19Cl2NO/c1-3-9-21-15-6-4-5-14(11-15)20-12(2)13-7-8-16(18)17(19)10-13/h4-8,10-12,20H,3,9H2,1-2H3. The van der Waals surface area contributed by atoms with Crippen LogP contribution in [0.25, 0.3) is 0 Å². The van der Waals surface area contributed by atoms with Gasteiger partial charge in [-0.25, -0.2) is 0 Å². The molecule has 0 aliphatic carbocycles. The Morgan fingerprint density at radius 2 is 1.90 bits per heavy atom. The molecule has 2 nitrogen and oxygen atoms in total. The van der Waals surface area contributed by atoms with E-state index in [1.807, 2.05) is 42.5 Å². The second kappa shape index (κ2) is 7.58. The average Bonchev–Trinajstić information content (AvgIpc) is 2.48. The van der Waals surface area contributed by atoms with Crippen molar-refractivity contribution in [2.45, 2.75) is 26.3 Å². The number of rotatable bonds is 6. The Labute approximate surface area is 136 Å². The van der Waals surface area contributed by atoms with E-state index in [-0.39, 0.29) is 6.04 Å². The fraction of sp³-hybridized carbons (Fsp3) is 0.294. The van der Waals surface area contributed by atoms with Crippen molar-refractivity contribution in [3.05, 3.63) is 58.1 Å². The van der Waals surface area contributed by atoms with E-state index in [0.29, 0.717) is 10.0 Å². The lowest BCUT2D eigenvalue weighted by atomic mass is 10.1. The molecule has 0 fully saturated rings. The van der Waals surface area contributed by atoms with Gasteiger partial charge in [-0.1, -0.05) is 42.3 Å². The third kappa shape index (κ3) is 4.55. The lowest BCUT2D eigenvalue weighted by molar-refractivity contribution is 0.317. The Morgan fingerprint density at radius 3 is 2.62 bits per heavy atom. The summed E-state index contributed by atoms with van der Waals surface area (Å²) >= 11 is 12.0. The molecule has 21 heavy (non-hydrogen) atoms. The molecular weight excluding hydrogens is 305 g/mol. The van der Waals surface area contributed by atoms with Crippen LogP contribution >= 0.6 is 23.2 Å². The highest BCUT2D eigenvalue weighted by Crippen LogP contribution is 2.28. The number of hydrogen-bond acceptors (Lipinski definition) is 2. The average molecular weight is 324 g/mol. The zero-order valence-electron chi connectivity index (χ0n) is 12.2. The number of nitrogens with one attached hydrogen (secondary N) is 1. The molecule has 1 N–H and O–H groups in total. The summed E-state index contributed by atoms with van der Waals surface area (Å²) in [7, 11) is 0. The van der Waals surface area contributed by atoms with Crippen LogP contribution in [0.15, 0.2) is 42.5 Å². The van der Waals surface area contributed by atoms with Gasteiger partial charge in [-0.15, -0.1) is 0 Å². The summed E-state index contributed by atoms with van der Waals surface area (Å²) in [6, 6.07) is 13.8. The fourth-order valence-electron chi connectivity index (χ4n) is 2.01. The smallest absolute Gasteiger partial charge is 0.121 e. The Bertz CT molecular complexity index is 601. The molecule has 0 heterocycles. The summed E-state index contributed by atoms with van der Waals surface area (Å²) in [5, 5.41) is 4.58.